The number of pyridine rings is 2. The van der Waals surface area contributed by atoms with E-state index in [4.69, 9.17) is 0 Å². The molecule has 1 fully saturated rings. The molecule has 3 aromatic heterocycles. The highest BCUT2D eigenvalue weighted by molar-refractivity contribution is 5.83. The van der Waals surface area contributed by atoms with Gasteiger partial charge in [-0.1, -0.05) is 6.07 Å². The van der Waals surface area contributed by atoms with Gasteiger partial charge in [-0.3, -0.25) is 9.78 Å². The molecule has 1 aliphatic heterocycles. The summed E-state index contributed by atoms with van der Waals surface area (Å²) in [6.07, 6.45) is 5.82. The average Bonchev–Trinajstić information content (AvgIpc) is 3.54. The van der Waals surface area contributed by atoms with Gasteiger partial charge in [0.05, 0.1) is 22.3 Å². The van der Waals surface area contributed by atoms with Crippen molar-refractivity contribution < 1.29 is 5.11 Å². The largest absolute Gasteiger partial charge is 0.384 e. The Labute approximate surface area is 210 Å². The number of fused-ring (bicyclic) bond motifs is 3. The summed E-state index contributed by atoms with van der Waals surface area (Å²) in [5, 5.41) is 18.1. The van der Waals surface area contributed by atoms with Crippen LogP contribution in [0.5, 0.6) is 0 Å². The Morgan fingerprint density at radius 2 is 1.94 bits per heavy atom. The van der Waals surface area contributed by atoms with Gasteiger partial charge in [-0.15, -0.1) is 0 Å². The molecule has 36 heavy (non-hydrogen) atoms. The molecule has 1 aromatic carbocycles. The maximum atomic E-state index is 13.4. The van der Waals surface area contributed by atoms with Crippen molar-refractivity contribution in [2.75, 3.05) is 11.9 Å². The first-order chi connectivity index (χ1) is 17.2. The fourth-order valence-corrected chi connectivity index (χ4v) is 5.41. The predicted octanol–water partition coefficient (Wildman–Crippen LogP) is 4.27. The van der Waals surface area contributed by atoms with Gasteiger partial charge in [0.15, 0.2) is 0 Å². The molecule has 2 aliphatic rings. The van der Waals surface area contributed by atoms with Crippen LogP contribution in [0.1, 0.15) is 63.4 Å². The van der Waals surface area contributed by atoms with E-state index < -0.39 is 5.60 Å². The summed E-state index contributed by atoms with van der Waals surface area (Å²) >= 11 is 0. The van der Waals surface area contributed by atoms with Gasteiger partial charge in [-0.25, -0.2) is 14.3 Å². The van der Waals surface area contributed by atoms with Crippen LogP contribution in [0, 0.1) is 0 Å². The van der Waals surface area contributed by atoms with E-state index >= 15 is 0 Å². The summed E-state index contributed by atoms with van der Waals surface area (Å²) in [6.45, 7) is 9.31. The fourth-order valence-electron chi connectivity index (χ4n) is 5.41. The van der Waals surface area contributed by atoms with Crippen LogP contribution in [0.3, 0.4) is 0 Å². The minimum absolute atomic E-state index is 0.0806. The van der Waals surface area contributed by atoms with Crippen LogP contribution in [0.4, 0.5) is 11.5 Å². The minimum atomic E-state index is -1.10. The van der Waals surface area contributed by atoms with Crippen molar-refractivity contribution >= 4 is 22.4 Å². The van der Waals surface area contributed by atoms with Crippen molar-refractivity contribution in [3.63, 3.8) is 0 Å². The second kappa shape index (κ2) is 8.01. The van der Waals surface area contributed by atoms with E-state index in [0.717, 1.165) is 30.0 Å². The Morgan fingerprint density at radius 1 is 1.14 bits per heavy atom. The highest BCUT2D eigenvalue weighted by Gasteiger charge is 2.46. The number of nitrogens with one attached hydrogen (secondary N) is 2. The summed E-state index contributed by atoms with van der Waals surface area (Å²) < 4.78 is 3.62. The number of rotatable bonds is 5. The Bertz CT molecular complexity index is 1540. The molecular weight excluding hydrogens is 452 g/mol. The fraction of sp³-hybridized carbons (Fsp3) is 0.393. The zero-order valence-corrected chi connectivity index (χ0v) is 21.2. The van der Waals surface area contributed by atoms with Gasteiger partial charge in [-0.05, 0) is 75.9 Å². The molecule has 0 unspecified atom stereocenters. The van der Waals surface area contributed by atoms with Crippen LogP contribution in [0.2, 0.25) is 0 Å². The summed E-state index contributed by atoms with van der Waals surface area (Å²) in [4.78, 5) is 22.3. The number of benzene rings is 1. The monoisotopic (exact) mass is 484 g/mol. The molecule has 4 aromatic rings. The lowest BCUT2D eigenvalue weighted by Crippen LogP contribution is -2.33. The van der Waals surface area contributed by atoms with Gasteiger partial charge < -0.3 is 15.7 Å². The normalized spacial score (nSPS) is 16.5. The van der Waals surface area contributed by atoms with Gasteiger partial charge in [0.25, 0.3) is 5.56 Å². The van der Waals surface area contributed by atoms with Crippen LogP contribution in [0.25, 0.3) is 16.6 Å². The molecule has 1 saturated carbocycles. The third-order valence-electron chi connectivity index (χ3n) is 7.45. The third-order valence-corrected chi connectivity index (χ3v) is 7.45. The van der Waals surface area contributed by atoms with Crippen molar-refractivity contribution in [2.24, 2.45) is 0 Å². The molecule has 3 N–H and O–H groups in total. The molecule has 0 amide bonds. The molecule has 8 heteroatoms. The SMILES string of the molecule is CC(C)n1c(=O)c2cnc(Nc3ccc4c(c3)CNCC43CC3)cc2n1-c1ccnc(C(C)(C)O)c1. The van der Waals surface area contributed by atoms with E-state index in [-0.39, 0.29) is 11.6 Å². The molecule has 186 valence electrons. The topological polar surface area (TPSA) is 97.0 Å². The lowest BCUT2D eigenvalue weighted by Gasteiger charge is -2.26. The molecule has 0 atom stereocenters. The zero-order valence-electron chi connectivity index (χ0n) is 21.2. The van der Waals surface area contributed by atoms with E-state index in [2.05, 4.69) is 38.8 Å². The van der Waals surface area contributed by atoms with E-state index in [9.17, 15) is 9.90 Å². The Hall–Kier alpha value is -3.49. The van der Waals surface area contributed by atoms with Gasteiger partial charge >= 0.3 is 0 Å². The van der Waals surface area contributed by atoms with Gasteiger partial charge in [-0.2, -0.15) is 0 Å². The molecule has 8 nitrogen and oxygen atoms in total. The van der Waals surface area contributed by atoms with Crippen LogP contribution in [-0.4, -0.2) is 31.0 Å². The van der Waals surface area contributed by atoms with Crippen LogP contribution < -0.4 is 16.2 Å². The second-order valence-electron chi connectivity index (χ2n) is 11.0. The lowest BCUT2D eigenvalue weighted by molar-refractivity contribution is 0.0738. The van der Waals surface area contributed by atoms with E-state index in [1.807, 2.05) is 36.7 Å². The Balaban J connectivity index is 1.44. The highest BCUT2D eigenvalue weighted by Crippen LogP contribution is 2.50. The van der Waals surface area contributed by atoms with Crippen molar-refractivity contribution in [1.29, 1.82) is 0 Å². The summed E-state index contributed by atoms with van der Waals surface area (Å²) in [5.41, 5.74) is 4.96. The summed E-state index contributed by atoms with van der Waals surface area (Å²) in [7, 11) is 0. The third kappa shape index (κ3) is 3.72. The average molecular weight is 485 g/mol. The first-order valence-electron chi connectivity index (χ1n) is 12.6. The molecule has 1 spiro atoms. The molecule has 0 saturated heterocycles. The zero-order chi connectivity index (χ0) is 25.2. The highest BCUT2D eigenvalue weighted by atomic mass is 16.3. The van der Waals surface area contributed by atoms with Gasteiger partial charge in [0, 0.05) is 48.7 Å². The smallest absolute Gasteiger partial charge is 0.276 e. The van der Waals surface area contributed by atoms with Crippen molar-refractivity contribution in [3.05, 3.63) is 76.0 Å². The second-order valence-corrected chi connectivity index (χ2v) is 11.0. The molecule has 6 rings (SSSR count). The molecule has 0 radical (unpaired) electrons. The van der Waals surface area contributed by atoms with Crippen molar-refractivity contribution in [1.82, 2.24) is 24.6 Å². The minimum Gasteiger partial charge on any atom is -0.384 e. The number of nitrogens with zero attached hydrogens (tertiary/aromatic N) is 4. The summed E-state index contributed by atoms with van der Waals surface area (Å²) in [6, 6.07) is 12.1. The first-order valence-corrected chi connectivity index (χ1v) is 12.6. The predicted molar refractivity (Wildman–Crippen MR) is 141 cm³/mol. The van der Waals surface area contributed by atoms with E-state index in [1.54, 1.807) is 30.9 Å². The molecule has 4 heterocycles. The maximum absolute atomic E-state index is 13.4. The number of hydrogen-bond donors (Lipinski definition) is 3. The molecular formula is C28H32N6O2. The van der Waals surface area contributed by atoms with E-state index in [1.165, 1.54) is 24.0 Å². The number of aliphatic hydroxyl groups is 1. The van der Waals surface area contributed by atoms with Crippen LogP contribution >= 0.6 is 0 Å². The van der Waals surface area contributed by atoms with Crippen LogP contribution in [0.15, 0.2) is 53.6 Å². The Kier molecular flexibility index (Phi) is 5.10. The standard InChI is InChI=1S/C28H32N6O2/c1-17(2)33-26(35)21-15-31-25(13-23(21)34(33)20-7-10-30-24(12-20)27(3,4)36)32-19-5-6-22-18(11-19)14-29-16-28(22)8-9-28/h5-7,10-13,15,17,29,36H,8-9,14,16H2,1-4H3,(H,31,32). The summed E-state index contributed by atoms with van der Waals surface area (Å²) in [5.74, 6) is 0.666. The number of anilines is 2. The van der Waals surface area contributed by atoms with Crippen LogP contribution in [-0.2, 0) is 17.6 Å². The number of hydrogen-bond acceptors (Lipinski definition) is 6. The molecule has 0 bridgehead atoms. The molecule has 1 aliphatic carbocycles. The first kappa shape index (κ1) is 22.9. The van der Waals surface area contributed by atoms with Crippen molar-refractivity contribution in [2.45, 2.75) is 64.1 Å². The van der Waals surface area contributed by atoms with Gasteiger partial charge in [0.1, 0.15) is 11.4 Å². The van der Waals surface area contributed by atoms with Gasteiger partial charge in [0.2, 0.25) is 0 Å². The quantitative estimate of drug-likeness (QED) is 0.392. The lowest BCUT2D eigenvalue weighted by atomic mass is 9.88. The maximum Gasteiger partial charge on any atom is 0.276 e. The number of aromatic nitrogens is 4. The van der Waals surface area contributed by atoms with E-state index in [0.29, 0.717) is 22.3 Å². The van der Waals surface area contributed by atoms with Crippen molar-refractivity contribution in [3.8, 4) is 5.69 Å². The Morgan fingerprint density at radius 3 is 2.67 bits per heavy atom.